The van der Waals surface area contributed by atoms with Crippen LogP contribution in [0.2, 0.25) is 5.02 Å². The lowest BCUT2D eigenvalue weighted by Gasteiger charge is -2.32. The molecule has 3 aromatic rings. The Hall–Kier alpha value is -3.58. The second-order valence-corrected chi connectivity index (χ2v) is 8.64. The highest BCUT2D eigenvalue weighted by molar-refractivity contribution is 6.30. The van der Waals surface area contributed by atoms with E-state index in [0.29, 0.717) is 16.3 Å². The molecule has 0 radical (unpaired) electrons. The van der Waals surface area contributed by atoms with Gasteiger partial charge >= 0.3 is 0 Å². The number of benzene rings is 2. The lowest BCUT2D eigenvalue weighted by atomic mass is 10.0. The quantitative estimate of drug-likeness (QED) is 0.497. The van der Waals surface area contributed by atoms with Crippen molar-refractivity contribution in [2.75, 3.05) is 11.4 Å². The third kappa shape index (κ3) is 5.66. The molecule has 7 nitrogen and oxygen atoms in total. The lowest BCUT2D eigenvalue weighted by Crippen LogP contribution is -2.49. The fourth-order valence-corrected chi connectivity index (χ4v) is 4.30. The van der Waals surface area contributed by atoms with Gasteiger partial charge in [-0.1, -0.05) is 54.8 Å². The summed E-state index contributed by atoms with van der Waals surface area (Å²) in [5.41, 5.74) is 1.16. The number of nitrogens with one attached hydrogen (secondary N) is 2. The van der Waals surface area contributed by atoms with E-state index in [1.54, 1.807) is 54.6 Å². The second-order valence-electron chi connectivity index (χ2n) is 8.20. The fourth-order valence-electron chi connectivity index (χ4n) is 4.17. The molecule has 1 aliphatic carbocycles. The van der Waals surface area contributed by atoms with Crippen LogP contribution in [0.5, 0.6) is 0 Å². The average molecular weight is 480 g/mol. The molecule has 0 saturated heterocycles. The molecule has 2 aromatic carbocycles. The number of anilines is 1. The predicted molar refractivity (Wildman–Crippen MR) is 130 cm³/mol. The Bertz CT molecular complexity index is 1110. The first-order valence-corrected chi connectivity index (χ1v) is 11.7. The maximum absolute atomic E-state index is 13.6. The Balaban J connectivity index is 1.65. The molecule has 1 atom stereocenters. The Kier molecular flexibility index (Phi) is 7.65. The molecule has 0 bridgehead atoms. The van der Waals surface area contributed by atoms with Crippen molar-refractivity contribution in [1.29, 1.82) is 0 Å². The first kappa shape index (κ1) is 23.6. The minimum Gasteiger partial charge on any atom is -0.459 e. The zero-order valence-corrected chi connectivity index (χ0v) is 19.3. The maximum atomic E-state index is 13.6. The van der Waals surface area contributed by atoms with Gasteiger partial charge in [0.25, 0.3) is 5.91 Å². The van der Waals surface area contributed by atoms with Crippen molar-refractivity contribution in [2.24, 2.45) is 0 Å². The van der Waals surface area contributed by atoms with E-state index in [1.807, 2.05) is 6.07 Å². The topological polar surface area (TPSA) is 91.7 Å². The minimum absolute atomic E-state index is 0.0775. The monoisotopic (exact) mass is 479 g/mol. The Morgan fingerprint density at radius 3 is 2.32 bits per heavy atom. The number of rotatable bonds is 8. The highest BCUT2D eigenvalue weighted by atomic mass is 35.5. The van der Waals surface area contributed by atoms with E-state index in [4.69, 9.17) is 16.0 Å². The number of hydrogen-bond acceptors (Lipinski definition) is 4. The van der Waals surface area contributed by atoms with Gasteiger partial charge in [0.1, 0.15) is 6.04 Å². The van der Waals surface area contributed by atoms with Crippen molar-refractivity contribution in [1.82, 2.24) is 10.6 Å². The van der Waals surface area contributed by atoms with Crippen LogP contribution in [-0.2, 0) is 9.59 Å². The maximum Gasteiger partial charge on any atom is 0.287 e. The summed E-state index contributed by atoms with van der Waals surface area (Å²) in [5, 5.41) is 6.23. The number of para-hydroxylation sites is 1. The largest absolute Gasteiger partial charge is 0.459 e. The molecule has 0 unspecified atom stereocenters. The van der Waals surface area contributed by atoms with Gasteiger partial charge in [0.15, 0.2) is 5.76 Å². The molecular formula is C26H26ClN3O4. The van der Waals surface area contributed by atoms with Gasteiger partial charge < -0.3 is 15.1 Å². The van der Waals surface area contributed by atoms with E-state index in [9.17, 15) is 14.4 Å². The molecule has 34 heavy (non-hydrogen) atoms. The van der Waals surface area contributed by atoms with Crippen LogP contribution in [0.15, 0.2) is 77.4 Å². The number of amides is 3. The zero-order valence-electron chi connectivity index (χ0n) is 18.6. The van der Waals surface area contributed by atoms with Crippen LogP contribution in [0.4, 0.5) is 5.69 Å². The lowest BCUT2D eigenvalue weighted by molar-refractivity contribution is -0.126. The smallest absolute Gasteiger partial charge is 0.287 e. The molecule has 0 spiro atoms. The molecule has 8 heteroatoms. The van der Waals surface area contributed by atoms with Crippen LogP contribution in [-0.4, -0.2) is 30.3 Å². The van der Waals surface area contributed by atoms with Gasteiger partial charge in [-0.05, 0) is 54.8 Å². The molecule has 3 amide bonds. The zero-order chi connectivity index (χ0) is 23.9. The molecule has 1 saturated carbocycles. The molecule has 1 aromatic heterocycles. The van der Waals surface area contributed by atoms with E-state index in [1.165, 1.54) is 17.2 Å². The standard InChI is InChI=1S/C26H26ClN3O4/c27-19-14-12-18(13-15-19)24(26(33)29-20-7-4-5-8-20)30(21-9-2-1-3-10-21)23(31)17-28-25(32)22-11-6-16-34-22/h1-3,6,9-16,20,24H,4-5,7-8,17H2,(H,28,32)(H,29,33)/t24-/m0/s1. The predicted octanol–water partition coefficient (Wildman–Crippen LogP) is 4.50. The van der Waals surface area contributed by atoms with E-state index >= 15 is 0 Å². The Morgan fingerprint density at radius 1 is 0.971 bits per heavy atom. The summed E-state index contributed by atoms with van der Waals surface area (Å²) in [4.78, 5) is 40.9. The highest BCUT2D eigenvalue weighted by Gasteiger charge is 2.34. The summed E-state index contributed by atoms with van der Waals surface area (Å²) in [6.45, 7) is -0.310. The van der Waals surface area contributed by atoms with Crippen LogP contribution >= 0.6 is 11.6 Å². The number of nitrogens with zero attached hydrogens (tertiary/aromatic N) is 1. The molecule has 0 aliphatic heterocycles. The molecule has 2 N–H and O–H groups in total. The number of carbonyl (C=O) groups excluding carboxylic acids is 3. The summed E-state index contributed by atoms with van der Waals surface area (Å²) >= 11 is 6.09. The van der Waals surface area contributed by atoms with Crippen molar-refractivity contribution < 1.29 is 18.8 Å². The summed E-state index contributed by atoms with van der Waals surface area (Å²) in [5.74, 6) is -1.12. The van der Waals surface area contributed by atoms with Crippen LogP contribution < -0.4 is 15.5 Å². The van der Waals surface area contributed by atoms with Gasteiger partial charge in [0.2, 0.25) is 11.8 Å². The normalized spacial score (nSPS) is 14.4. The summed E-state index contributed by atoms with van der Waals surface area (Å²) in [6.07, 6.45) is 5.35. The van der Waals surface area contributed by atoms with Gasteiger partial charge in [0.05, 0.1) is 12.8 Å². The van der Waals surface area contributed by atoms with E-state index in [2.05, 4.69) is 10.6 Å². The van der Waals surface area contributed by atoms with Crippen LogP contribution in [0.3, 0.4) is 0 Å². The van der Waals surface area contributed by atoms with Crippen LogP contribution in [0.25, 0.3) is 0 Å². The molecule has 1 fully saturated rings. The van der Waals surface area contributed by atoms with Gasteiger partial charge in [-0.15, -0.1) is 0 Å². The van der Waals surface area contributed by atoms with Gasteiger partial charge in [-0.2, -0.15) is 0 Å². The number of furan rings is 1. The van der Waals surface area contributed by atoms with Gasteiger partial charge in [-0.3, -0.25) is 19.3 Å². The molecular weight excluding hydrogens is 454 g/mol. The van der Waals surface area contributed by atoms with Crippen molar-refractivity contribution in [3.05, 3.63) is 89.3 Å². The van der Waals surface area contributed by atoms with Crippen molar-refractivity contribution in [3.63, 3.8) is 0 Å². The molecule has 1 aliphatic rings. The second kappa shape index (κ2) is 11.0. The average Bonchev–Trinajstić information content (AvgIpc) is 3.57. The van der Waals surface area contributed by atoms with E-state index in [0.717, 1.165) is 25.7 Å². The summed E-state index contributed by atoms with van der Waals surface area (Å²) in [7, 11) is 0. The molecule has 176 valence electrons. The minimum atomic E-state index is -0.937. The van der Waals surface area contributed by atoms with E-state index < -0.39 is 17.9 Å². The summed E-state index contributed by atoms with van der Waals surface area (Å²) in [6, 6.07) is 18.1. The highest BCUT2D eigenvalue weighted by Crippen LogP contribution is 2.30. The number of carbonyl (C=O) groups is 3. The van der Waals surface area contributed by atoms with E-state index in [-0.39, 0.29) is 24.3 Å². The molecule has 1 heterocycles. The first-order chi connectivity index (χ1) is 16.5. The van der Waals surface area contributed by atoms with Crippen molar-refractivity contribution in [3.8, 4) is 0 Å². The Labute approximate surface area is 203 Å². The van der Waals surface area contributed by atoms with Crippen LogP contribution in [0.1, 0.15) is 47.8 Å². The Morgan fingerprint density at radius 2 is 1.68 bits per heavy atom. The van der Waals surface area contributed by atoms with Crippen molar-refractivity contribution in [2.45, 2.75) is 37.8 Å². The van der Waals surface area contributed by atoms with Gasteiger partial charge in [-0.25, -0.2) is 0 Å². The third-order valence-electron chi connectivity index (χ3n) is 5.84. The van der Waals surface area contributed by atoms with Crippen LogP contribution in [0, 0.1) is 0 Å². The SMILES string of the molecule is O=C(NCC(=O)N(c1ccccc1)[C@H](C(=O)NC1CCCC1)c1ccc(Cl)cc1)c1ccco1. The first-order valence-electron chi connectivity index (χ1n) is 11.3. The fraction of sp³-hybridized carbons (Fsp3) is 0.269. The number of halogens is 1. The van der Waals surface area contributed by atoms with Crippen molar-refractivity contribution >= 4 is 35.0 Å². The number of hydrogen-bond donors (Lipinski definition) is 2. The third-order valence-corrected chi connectivity index (χ3v) is 6.09. The summed E-state index contributed by atoms with van der Waals surface area (Å²) < 4.78 is 5.10. The molecule has 4 rings (SSSR count). The van der Waals surface area contributed by atoms with Gasteiger partial charge in [0, 0.05) is 16.8 Å².